The lowest BCUT2D eigenvalue weighted by atomic mass is 10.1. The van der Waals surface area contributed by atoms with Crippen LogP contribution < -0.4 is 0 Å². The molecule has 0 saturated carbocycles. The summed E-state index contributed by atoms with van der Waals surface area (Å²) in [7, 11) is 0. The van der Waals surface area contributed by atoms with Gasteiger partial charge in [0.05, 0.1) is 6.61 Å². The summed E-state index contributed by atoms with van der Waals surface area (Å²) in [5.41, 5.74) is 0. The molecule has 0 N–H and O–H groups in total. The number of carbonyl (C=O) groups is 1. The first-order chi connectivity index (χ1) is 7.10. The summed E-state index contributed by atoms with van der Waals surface area (Å²) < 4.78 is 4.89. The summed E-state index contributed by atoms with van der Waals surface area (Å²) in [5.74, 6) is 2.68. The van der Waals surface area contributed by atoms with E-state index in [4.69, 9.17) is 4.74 Å². The van der Waals surface area contributed by atoms with Gasteiger partial charge in [0.2, 0.25) is 0 Å². The third-order valence-corrected chi connectivity index (χ3v) is 5.51. The minimum atomic E-state index is -0.317. The summed E-state index contributed by atoms with van der Waals surface area (Å²) in [6, 6.07) is 0. The molecule has 0 aromatic carbocycles. The monoisotopic (exact) mass is 249 g/mol. The van der Waals surface area contributed by atoms with Crippen molar-refractivity contribution in [2.24, 2.45) is 5.92 Å². The number of ether oxygens (including phenoxy) is 1. The minimum Gasteiger partial charge on any atom is -0.464 e. The molecule has 0 aromatic rings. The Balaban J connectivity index is 2.69. The van der Waals surface area contributed by atoms with E-state index in [1.54, 1.807) is 23.5 Å². The average Bonchev–Trinajstić information content (AvgIpc) is 2.18. The van der Waals surface area contributed by atoms with Gasteiger partial charge in [-0.3, -0.25) is 0 Å². The topological polar surface area (TPSA) is 26.3 Å². The molecule has 0 aliphatic carbocycles. The van der Waals surface area contributed by atoms with E-state index >= 15 is 0 Å². The highest BCUT2D eigenvalue weighted by Gasteiger charge is 2.43. The third-order valence-electron chi connectivity index (χ3n) is 2.22. The van der Waals surface area contributed by atoms with Crippen molar-refractivity contribution in [2.45, 2.75) is 37.7 Å². The molecule has 1 aliphatic rings. The van der Waals surface area contributed by atoms with E-state index in [1.807, 2.05) is 6.92 Å². The van der Waals surface area contributed by atoms with Crippen molar-refractivity contribution in [1.29, 1.82) is 0 Å². The van der Waals surface area contributed by atoms with Crippen LogP contribution in [0, 0.1) is 5.92 Å². The second-order valence-electron chi connectivity index (χ2n) is 4.12. The van der Waals surface area contributed by atoms with Crippen molar-refractivity contribution >= 4 is 29.5 Å². The number of esters is 1. The zero-order chi connectivity index (χ0) is 11.3. The maximum absolute atomic E-state index is 12.0. The summed E-state index contributed by atoms with van der Waals surface area (Å²) >= 11 is 3.55. The van der Waals surface area contributed by atoms with Crippen LogP contribution in [0.15, 0.2) is 0 Å². The van der Waals surface area contributed by atoms with E-state index in [9.17, 15) is 4.79 Å². The Morgan fingerprint density at radius 2 is 2.00 bits per heavy atom. The highest BCUT2D eigenvalue weighted by Crippen LogP contribution is 2.47. The molecule has 0 spiro atoms. The van der Waals surface area contributed by atoms with E-state index < -0.39 is 0 Å². The molecule has 1 heterocycles. The highest BCUT2D eigenvalue weighted by atomic mass is 32.2. The van der Waals surface area contributed by atoms with Crippen LogP contribution in [0.1, 0.15) is 33.6 Å². The quantitative estimate of drug-likeness (QED) is 0.565. The number of carbonyl (C=O) groups excluding carboxylic acids is 1. The molecule has 1 saturated heterocycles. The molecule has 15 heavy (non-hydrogen) atoms. The molecule has 0 unspecified atom stereocenters. The van der Waals surface area contributed by atoms with Crippen LogP contribution >= 0.6 is 23.5 Å². The van der Waals surface area contributed by atoms with Gasteiger partial charge in [-0.25, -0.2) is 4.79 Å². The van der Waals surface area contributed by atoms with Crippen molar-refractivity contribution < 1.29 is 9.53 Å². The molecular formula is C11H20O2S2. The van der Waals surface area contributed by atoms with E-state index in [0.717, 1.165) is 17.9 Å². The molecule has 1 rings (SSSR count). The zero-order valence-corrected chi connectivity index (χ0v) is 11.4. The molecule has 1 atom stereocenters. The van der Waals surface area contributed by atoms with Crippen LogP contribution in [0.2, 0.25) is 0 Å². The Kier molecular flexibility index (Phi) is 5.33. The van der Waals surface area contributed by atoms with Crippen LogP contribution in [-0.2, 0) is 9.53 Å². The number of hydrogen-bond acceptors (Lipinski definition) is 4. The van der Waals surface area contributed by atoms with Gasteiger partial charge in [0, 0.05) is 0 Å². The van der Waals surface area contributed by atoms with Crippen molar-refractivity contribution in [3.8, 4) is 0 Å². The maximum Gasteiger partial charge on any atom is 0.332 e. The molecule has 4 heteroatoms. The lowest BCUT2D eigenvalue weighted by molar-refractivity contribution is -0.143. The van der Waals surface area contributed by atoms with Crippen molar-refractivity contribution in [1.82, 2.24) is 0 Å². The number of hydrogen-bond donors (Lipinski definition) is 0. The van der Waals surface area contributed by atoms with Gasteiger partial charge in [0.25, 0.3) is 0 Å². The molecule has 1 fully saturated rings. The van der Waals surface area contributed by atoms with Gasteiger partial charge in [0.15, 0.2) is 4.08 Å². The Hall–Kier alpha value is 0.170. The van der Waals surface area contributed by atoms with Crippen molar-refractivity contribution in [3.63, 3.8) is 0 Å². The smallest absolute Gasteiger partial charge is 0.332 e. The molecule has 88 valence electrons. The van der Waals surface area contributed by atoms with Crippen molar-refractivity contribution in [2.75, 3.05) is 18.1 Å². The third kappa shape index (κ3) is 3.59. The molecule has 2 nitrogen and oxygen atoms in total. The fraction of sp³-hybridized carbons (Fsp3) is 0.909. The minimum absolute atomic E-state index is 0.0200. The summed E-state index contributed by atoms with van der Waals surface area (Å²) in [5, 5.41) is 0. The van der Waals surface area contributed by atoms with Gasteiger partial charge < -0.3 is 4.74 Å². The van der Waals surface area contributed by atoms with Crippen LogP contribution in [0.25, 0.3) is 0 Å². The Morgan fingerprint density at radius 3 is 2.47 bits per heavy atom. The second kappa shape index (κ2) is 6.04. The van der Waals surface area contributed by atoms with Crippen LogP contribution in [-0.4, -0.2) is 28.2 Å². The van der Waals surface area contributed by atoms with E-state index in [0.29, 0.717) is 12.5 Å². The van der Waals surface area contributed by atoms with Crippen molar-refractivity contribution in [3.05, 3.63) is 0 Å². The average molecular weight is 249 g/mol. The number of thioether (sulfide) groups is 2. The fourth-order valence-electron chi connectivity index (χ4n) is 1.67. The molecule has 1 aliphatic heterocycles. The standard InChI is InChI=1S/C11H20O2S2/c1-4-13-10(12)11(8-9(2)3)14-6-5-7-15-11/h9H,4-8H2,1-3H3/i2+1/t9-/m0/s1. The van der Waals surface area contributed by atoms with Crippen LogP contribution in [0.3, 0.4) is 0 Å². The maximum atomic E-state index is 12.0. The van der Waals surface area contributed by atoms with E-state index in [-0.39, 0.29) is 10.0 Å². The van der Waals surface area contributed by atoms with Gasteiger partial charge in [-0.05, 0) is 37.2 Å². The molecular weight excluding hydrogens is 229 g/mol. The van der Waals surface area contributed by atoms with Gasteiger partial charge >= 0.3 is 5.97 Å². The lowest BCUT2D eigenvalue weighted by Gasteiger charge is -2.34. The predicted molar refractivity (Wildman–Crippen MR) is 68.4 cm³/mol. The van der Waals surface area contributed by atoms with E-state index in [2.05, 4.69) is 13.8 Å². The molecule has 0 aromatic heterocycles. The van der Waals surface area contributed by atoms with E-state index in [1.165, 1.54) is 6.42 Å². The van der Waals surface area contributed by atoms with Crippen LogP contribution in [0.4, 0.5) is 0 Å². The molecule has 0 radical (unpaired) electrons. The highest BCUT2D eigenvalue weighted by molar-refractivity contribution is 8.19. The Morgan fingerprint density at radius 1 is 1.40 bits per heavy atom. The zero-order valence-electron chi connectivity index (χ0n) is 9.75. The van der Waals surface area contributed by atoms with Gasteiger partial charge in [-0.1, -0.05) is 13.8 Å². The number of rotatable bonds is 4. The van der Waals surface area contributed by atoms with Gasteiger partial charge in [-0.15, -0.1) is 23.5 Å². The summed E-state index contributed by atoms with van der Waals surface area (Å²) in [6.07, 6.45) is 2.12. The molecule has 0 bridgehead atoms. The summed E-state index contributed by atoms with van der Waals surface area (Å²) in [6.45, 7) is 6.69. The Bertz CT molecular complexity index is 211. The van der Waals surface area contributed by atoms with Crippen LogP contribution in [0.5, 0.6) is 0 Å². The Labute approximate surface area is 101 Å². The first-order valence-electron chi connectivity index (χ1n) is 5.56. The normalized spacial score (nSPS) is 22.1. The first kappa shape index (κ1) is 13.2. The largest absolute Gasteiger partial charge is 0.464 e. The second-order valence-corrected chi connectivity index (χ2v) is 7.17. The summed E-state index contributed by atoms with van der Waals surface area (Å²) in [4.78, 5) is 12.0. The lowest BCUT2D eigenvalue weighted by Crippen LogP contribution is -2.37. The predicted octanol–water partition coefficient (Wildman–Crippen LogP) is 3.16. The SMILES string of the molecule is CCOC(=O)C1(C[C@H](C)[13CH3])SCCCS1. The first-order valence-corrected chi connectivity index (χ1v) is 7.53. The molecule has 0 amide bonds. The van der Waals surface area contributed by atoms with Gasteiger partial charge in [0.1, 0.15) is 0 Å². The fourth-order valence-corrected chi connectivity index (χ4v) is 5.18. The van der Waals surface area contributed by atoms with Gasteiger partial charge in [-0.2, -0.15) is 0 Å².